The molecule has 0 bridgehead atoms. The predicted octanol–water partition coefficient (Wildman–Crippen LogP) is 2.83. The first-order valence-corrected chi connectivity index (χ1v) is 6.40. The van der Waals surface area contributed by atoms with Gasteiger partial charge in [-0.3, -0.25) is 4.79 Å². The van der Waals surface area contributed by atoms with Crippen molar-refractivity contribution in [2.45, 2.75) is 11.4 Å². The normalized spacial score (nSPS) is 10.3. The van der Waals surface area contributed by atoms with Crippen molar-refractivity contribution in [3.63, 3.8) is 0 Å². The predicted molar refractivity (Wildman–Crippen MR) is 67.7 cm³/mol. The van der Waals surface area contributed by atoms with Crippen molar-refractivity contribution in [1.29, 1.82) is 0 Å². The maximum Gasteiger partial charge on any atom is 0.230 e. The summed E-state index contributed by atoms with van der Waals surface area (Å²) in [5.41, 5.74) is 0. The first-order valence-electron chi connectivity index (χ1n) is 5.41. The number of furan rings is 1. The fourth-order valence-corrected chi connectivity index (χ4v) is 2.06. The molecule has 18 heavy (non-hydrogen) atoms. The van der Waals surface area contributed by atoms with E-state index in [4.69, 9.17) is 4.42 Å². The number of hydrogen-bond acceptors (Lipinski definition) is 3. The number of thioether (sulfide) groups is 1. The summed E-state index contributed by atoms with van der Waals surface area (Å²) in [4.78, 5) is 12.4. The molecule has 1 N–H and O–H groups in total. The number of carbonyl (C=O) groups excluding carboxylic acids is 1. The van der Waals surface area contributed by atoms with Crippen LogP contribution in [-0.2, 0) is 11.3 Å². The second kappa shape index (κ2) is 6.26. The minimum Gasteiger partial charge on any atom is -0.467 e. The Morgan fingerprint density at radius 2 is 2.06 bits per heavy atom. The highest BCUT2D eigenvalue weighted by Gasteiger charge is 2.04. The molecule has 1 amide bonds. The Morgan fingerprint density at radius 3 is 2.72 bits per heavy atom. The van der Waals surface area contributed by atoms with Gasteiger partial charge in [-0.15, -0.1) is 11.8 Å². The third kappa shape index (κ3) is 3.92. The van der Waals surface area contributed by atoms with E-state index in [1.165, 1.54) is 23.9 Å². The number of benzene rings is 1. The molecule has 94 valence electrons. The van der Waals surface area contributed by atoms with Crippen LogP contribution in [-0.4, -0.2) is 11.7 Å². The van der Waals surface area contributed by atoms with Gasteiger partial charge in [0.25, 0.3) is 0 Å². The van der Waals surface area contributed by atoms with Crippen molar-refractivity contribution in [1.82, 2.24) is 5.32 Å². The standard InChI is InChI=1S/C13H12FNO2S/c14-10-3-5-12(6-4-10)18-9-13(16)15-8-11-2-1-7-17-11/h1-7H,8-9H2,(H,15,16). The monoisotopic (exact) mass is 265 g/mol. The Morgan fingerprint density at radius 1 is 1.28 bits per heavy atom. The van der Waals surface area contributed by atoms with Crippen molar-refractivity contribution >= 4 is 17.7 Å². The fraction of sp³-hybridized carbons (Fsp3) is 0.154. The molecule has 1 aromatic carbocycles. The van der Waals surface area contributed by atoms with Gasteiger partial charge in [0, 0.05) is 4.90 Å². The molecule has 1 heterocycles. The highest BCUT2D eigenvalue weighted by atomic mass is 32.2. The van der Waals surface area contributed by atoms with Gasteiger partial charge in [-0.1, -0.05) is 0 Å². The summed E-state index contributed by atoms with van der Waals surface area (Å²) in [6, 6.07) is 9.63. The summed E-state index contributed by atoms with van der Waals surface area (Å²) >= 11 is 1.37. The smallest absolute Gasteiger partial charge is 0.230 e. The molecule has 2 aromatic rings. The van der Waals surface area contributed by atoms with Crippen LogP contribution in [0.2, 0.25) is 0 Å². The lowest BCUT2D eigenvalue weighted by Gasteiger charge is -2.03. The van der Waals surface area contributed by atoms with Crippen LogP contribution in [0.15, 0.2) is 52.0 Å². The number of halogens is 1. The lowest BCUT2D eigenvalue weighted by Crippen LogP contribution is -2.24. The number of hydrogen-bond donors (Lipinski definition) is 1. The van der Waals surface area contributed by atoms with E-state index in [1.807, 2.05) is 0 Å². The van der Waals surface area contributed by atoms with Crippen LogP contribution in [0.4, 0.5) is 4.39 Å². The van der Waals surface area contributed by atoms with Gasteiger partial charge in [-0.2, -0.15) is 0 Å². The molecule has 0 aliphatic rings. The van der Waals surface area contributed by atoms with Crippen molar-refractivity contribution in [2.75, 3.05) is 5.75 Å². The highest BCUT2D eigenvalue weighted by Crippen LogP contribution is 2.17. The third-order valence-corrected chi connectivity index (χ3v) is 3.24. The van der Waals surface area contributed by atoms with Crippen molar-refractivity contribution in [2.24, 2.45) is 0 Å². The molecule has 0 unspecified atom stereocenters. The molecule has 0 saturated carbocycles. The van der Waals surface area contributed by atoms with E-state index < -0.39 is 0 Å². The minimum absolute atomic E-state index is 0.0827. The van der Waals surface area contributed by atoms with E-state index in [1.54, 1.807) is 30.5 Å². The van der Waals surface area contributed by atoms with E-state index in [9.17, 15) is 9.18 Å². The van der Waals surface area contributed by atoms with Crippen LogP contribution >= 0.6 is 11.8 Å². The molecule has 0 atom stereocenters. The molecule has 0 aliphatic heterocycles. The van der Waals surface area contributed by atoms with E-state index in [-0.39, 0.29) is 11.7 Å². The summed E-state index contributed by atoms with van der Waals surface area (Å²) in [7, 11) is 0. The van der Waals surface area contributed by atoms with Gasteiger partial charge in [0.05, 0.1) is 18.6 Å². The van der Waals surface area contributed by atoms with Gasteiger partial charge in [-0.25, -0.2) is 4.39 Å². The van der Waals surface area contributed by atoms with Crippen LogP contribution in [0.25, 0.3) is 0 Å². The number of amides is 1. The lowest BCUT2D eigenvalue weighted by molar-refractivity contribution is -0.118. The van der Waals surface area contributed by atoms with Gasteiger partial charge in [0.2, 0.25) is 5.91 Å². The molecule has 5 heteroatoms. The van der Waals surface area contributed by atoms with Gasteiger partial charge < -0.3 is 9.73 Å². The lowest BCUT2D eigenvalue weighted by atomic mass is 10.4. The van der Waals surface area contributed by atoms with Crippen molar-refractivity contribution in [3.05, 3.63) is 54.2 Å². The zero-order valence-electron chi connectivity index (χ0n) is 9.56. The Bertz CT molecular complexity index is 496. The summed E-state index contributed by atoms with van der Waals surface area (Å²) in [5, 5.41) is 2.74. The Hall–Kier alpha value is -1.75. The molecule has 0 aliphatic carbocycles. The first-order chi connectivity index (χ1) is 8.74. The third-order valence-electron chi connectivity index (χ3n) is 2.22. The molecule has 0 radical (unpaired) electrons. The summed E-state index contributed by atoms with van der Waals surface area (Å²) in [6.07, 6.45) is 1.56. The summed E-state index contributed by atoms with van der Waals surface area (Å²) < 4.78 is 17.8. The van der Waals surface area contributed by atoms with E-state index in [2.05, 4.69) is 5.32 Å². The molecular weight excluding hydrogens is 253 g/mol. The largest absolute Gasteiger partial charge is 0.467 e. The van der Waals surface area contributed by atoms with Crippen LogP contribution in [0.1, 0.15) is 5.76 Å². The van der Waals surface area contributed by atoms with Gasteiger partial charge in [-0.05, 0) is 36.4 Å². The average molecular weight is 265 g/mol. The maximum absolute atomic E-state index is 12.7. The average Bonchev–Trinajstić information content (AvgIpc) is 2.89. The molecule has 0 spiro atoms. The molecule has 2 rings (SSSR count). The molecular formula is C13H12FNO2S. The van der Waals surface area contributed by atoms with Gasteiger partial charge in [0.15, 0.2) is 0 Å². The fourth-order valence-electron chi connectivity index (χ4n) is 1.33. The highest BCUT2D eigenvalue weighted by molar-refractivity contribution is 8.00. The molecule has 0 fully saturated rings. The van der Waals surface area contributed by atoms with Crippen LogP contribution in [0.3, 0.4) is 0 Å². The quantitative estimate of drug-likeness (QED) is 0.845. The molecule has 0 saturated heterocycles. The van der Waals surface area contributed by atoms with E-state index in [0.29, 0.717) is 12.3 Å². The molecule has 1 aromatic heterocycles. The topological polar surface area (TPSA) is 42.2 Å². The summed E-state index contributed by atoms with van der Waals surface area (Å²) in [5.74, 6) is 0.657. The Kier molecular flexibility index (Phi) is 4.41. The van der Waals surface area contributed by atoms with Gasteiger partial charge >= 0.3 is 0 Å². The zero-order valence-corrected chi connectivity index (χ0v) is 10.4. The van der Waals surface area contributed by atoms with Crippen molar-refractivity contribution < 1.29 is 13.6 Å². The summed E-state index contributed by atoms with van der Waals surface area (Å²) in [6.45, 7) is 0.385. The number of nitrogens with one attached hydrogen (secondary N) is 1. The second-order valence-corrected chi connectivity index (χ2v) is 4.65. The number of rotatable bonds is 5. The second-order valence-electron chi connectivity index (χ2n) is 3.60. The Balaban J connectivity index is 1.73. The van der Waals surface area contributed by atoms with Crippen LogP contribution in [0.5, 0.6) is 0 Å². The Labute approximate surface area is 108 Å². The zero-order chi connectivity index (χ0) is 12.8. The number of carbonyl (C=O) groups is 1. The van der Waals surface area contributed by atoms with E-state index >= 15 is 0 Å². The van der Waals surface area contributed by atoms with Crippen LogP contribution < -0.4 is 5.32 Å². The van der Waals surface area contributed by atoms with E-state index in [0.717, 1.165) is 10.7 Å². The minimum atomic E-state index is -0.276. The van der Waals surface area contributed by atoms with Gasteiger partial charge in [0.1, 0.15) is 11.6 Å². The van der Waals surface area contributed by atoms with Crippen molar-refractivity contribution in [3.8, 4) is 0 Å². The maximum atomic E-state index is 12.7. The first kappa shape index (κ1) is 12.7. The molecule has 3 nitrogen and oxygen atoms in total. The van der Waals surface area contributed by atoms with Crippen LogP contribution in [0, 0.1) is 5.82 Å². The SMILES string of the molecule is O=C(CSc1ccc(F)cc1)NCc1ccco1.